The van der Waals surface area contributed by atoms with Crippen LogP contribution in [0.25, 0.3) is 0 Å². The molecular formula is C20H24N3O3+. The number of hydrogen-bond donors (Lipinski definition) is 3. The zero-order valence-corrected chi connectivity index (χ0v) is 14.6. The van der Waals surface area contributed by atoms with Crippen LogP contribution < -0.4 is 20.7 Å². The maximum Gasteiger partial charge on any atom is 0.279 e. The van der Waals surface area contributed by atoms with Crippen molar-refractivity contribution in [3.8, 4) is 11.5 Å². The highest BCUT2D eigenvalue weighted by Crippen LogP contribution is 2.28. The minimum Gasteiger partial charge on any atom is -0.455 e. The molecule has 2 aromatic rings. The van der Waals surface area contributed by atoms with Crippen LogP contribution in [0.15, 0.2) is 54.6 Å². The Balaban J connectivity index is 1.62. The average molecular weight is 354 g/mol. The van der Waals surface area contributed by atoms with E-state index >= 15 is 0 Å². The summed E-state index contributed by atoms with van der Waals surface area (Å²) < 4.78 is 5.87. The van der Waals surface area contributed by atoms with E-state index in [0.29, 0.717) is 30.3 Å². The van der Waals surface area contributed by atoms with Gasteiger partial charge in [0, 0.05) is 0 Å². The lowest BCUT2D eigenvalue weighted by atomic mass is 9.97. The van der Waals surface area contributed by atoms with E-state index in [4.69, 9.17) is 10.5 Å². The van der Waals surface area contributed by atoms with E-state index in [0.717, 1.165) is 24.3 Å². The van der Waals surface area contributed by atoms with Crippen molar-refractivity contribution < 1.29 is 19.2 Å². The predicted octanol–water partition coefficient (Wildman–Crippen LogP) is 1.20. The van der Waals surface area contributed by atoms with Gasteiger partial charge in [-0.05, 0) is 37.1 Å². The van der Waals surface area contributed by atoms with Gasteiger partial charge in [-0.2, -0.15) is 0 Å². The van der Waals surface area contributed by atoms with Crippen molar-refractivity contribution in [2.24, 2.45) is 11.7 Å². The summed E-state index contributed by atoms with van der Waals surface area (Å²) in [4.78, 5) is 24.9. The Hall–Kier alpha value is -2.86. The van der Waals surface area contributed by atoms with Crippen molar-refractivity contribution in [1.29, 1.82) is 0 Å². The van der Waals surface area contributed by atoms with E-state index in [1.165, 1.54) is 0 Å². The van der Waals surface area contributed by atoms with Gasteiger partial charge in [-0.25, -0.2) is 0 Å². The van der Waals surface area contributed by atoms with Gasteiger partial charge >= 0.3 is 0 Å². The summed E-state index contributed by atoms with van der Waals surface area (Å²) in [5.41, 5.74) is 6.04. The highest BCUT2D eigenvalue weighted by molar-refractivity contribution is 5.93. The van der Waals surface area contributed by atoms with Crippen molar-refractivity contribution >= 4 is 17.5 Å². The van der Waals surface area contributed by atoms with Gasteiger partial charge in [-0.15, -0.1) is 0 Å². The number of para-hydroxylation sites is 3. The summed E-state index contributed by atoms with van der Waals surface area (Å²) >= 11 is 0. The van der Waals surface area contributed by atoms with Crippen molar-refractivity contribution in [3.63, 3.8) is 0 Å². The van der Waals surface area contributed by atoms with Gasteiger partial charge in [0.05, 0.1) is 24.7 Å². The second kappa shape index (κ2) is 8.49. The average Bonchev–Trinajstić information content (AvgIpc) is 2.64. The molecule has 1 fully saturated rings. The van der Waals surface area contributed by atoms with Crippen molar-refractivity contribution in [1.82, 2.24) is 0 Å². The van der Waals surface area contributed by atoms with E-state index in [1.54, 1.807) is 0 Å². The molecule has 0 radical (unpaired) electrons. The topological polar surface area (TPSA) is 85.9 Å². The maximum atomic E-state index is 12.5. The Morgan fingerprint density at radius 2 is 1.85 bits per heavy atom. The number of quaternary nitrogens is 1. The summed E-state index contributed by atoms with van der Waals surface area (Å²) in [6.45, 7) is 1.80. The summed E-state index contributed by atoms with van der Waals surface area (Å²) in [7, 11) is 0. The van der Waals surface area contributed by atoms with E-state index in [1.807, 2.05) is 54.6 Å². The van der Waals surface area contributed by atoms with Crippen LogP contribution in [-0.2, 0) is 9.59 Å². The first-order valence-electron chi connectivity index (χ1n) is 8.86. The summed E-state index contributed by atoms with van der Waals surface area (Å²) in [6, 6.07) is 16.8. The number of carbonyl (C=O) groups is 2. The molecule has 1 aliphatic heterocycles. The highest BCUT2D eigenvalue weighted by atomic mass is 16.5. The molecule has 4 N–H and O–H groups in total. The number of hydrogen-bond acceptors (Lipinski definition) is 3. The smallest absolute Gasteiger partial charge is 0.279 e. The van der Waals surface area contributed by atoms with Crippen LogP contribution in [0.5, 0.6) is 11.5 Å². The number of likely N-dealkylation sites (tertiary alicyclic amines) is 1. The molecule has 0 bridgehead atoms. The first-order valence-corrected chi connectivity index (χ1v) is 8.86. The third-order valence-electron chi connectivity index (χ3n) is 4.56. The lowest BCUT2D eigenvalue weighted by Crippen LogP contribution is -3.14. The number of rotatable bonds is 6. The first kappa shape index (κ1) is 17.9. The van der Waals surface area contributed by atoms with E-state index in [-0.39, 0.29) is 17.7 Å². The molecule has 2 amide bonds. The molecule has 0 spiro atoms. The standard InChI is InChI=1S/C20H23N3O3/c21-20(25)15-7-6-12-23(13-15)14-19(24)22-17-10-4-5-11-18(17)26-16-8-2-1-3-9-16/h1-5,8-11,15H,6-7,12-14H2,(H2,21,25)(H,22,24)/p+1/t15-/m1/s1. The van der Waals surface area contributed by atoms with Crippen LogP contribution in [0.4, 0.5) is 5.69 Å². The Bertz CT molecular complexity index is 764. The van der Waals surface area contributed by atoms with Crippen LogP contribution in [-0.4, -0.2) is 31.4 Å². The van der Waals surface area contributed by atoms with Gasteiger partial charge in [-0.1, -0.05) is 30.3 Å². The van der Waals surface area contributed by atoms with Gasteiger partial charge in [0.15, 0.2) is 12.3 Å². The van der Waals surface area contributed by atoms with Crippen molar-refractivity contribution in [2.45, 2.75) is 12.8 Å². The second-order valence-corrected chi connectivity index (χ2v) is 6.58. The van der Waals surface area contributed by atoms with Gasteiger partial charge in [0.2, 0.25) is 5.91 Å². The number of anilines is 1. The monoisotopic (exact) mass is 354 g/mol. The molecule has 0 saturated carbocycles. The van der Waals surface area contributed by atoms with Crippen molar-refractivity contribution in [2.75, 3.05) is 25.0 Å². The Morgan fingerprint density at radius 1 is 1.12 bits per heavy atom. The largest absolute Gasteiger partial charge is 0.455 e. The van der Waals surface area contributed by atoms with Gasteiger partial charge in [-0.3, -0.25) is 9.59 Å². The third kappa shape index (κ3) is 4.83. The number of nitrogens with one attached hydrogen (secondary N) is 2. The number of primary amides is 1. The number of piperidine rings is 1. The Morgan fingerprint density at radius 3 is 2.62 bits per heavy atom. The molecule has 0 aromatic heterocycles. The molecule has 6 heteroatoms. The normalized spacial score (nSPS) is 19.5. The SMILES string of the molecule is NC(=O)[C@@H]1CCC[NH+](CC(=O)Nc2ccccc2Oc2ccccc2)C1. The third-order valence-corrected chi connectivity index (χ3v) is 4.56. The predicted molar refractivity (Wildman–Crippen MR) is 99.1 cm³/mol. The van der Waals surface area contributed by atoms with Crippen LogP contribution in [0, 0.1) is 5.92 Å². The molecule has 1 unspecified atom stereocenters. The molecule has 3 rings (SSSR count). The fraction of sp³-hybridized carbons (Fsp3) is 0.300. The lowest BCUT2D eigenvalue weighted by molar-refractivity contribution is -0.899. The lowest BCUT2D eigenvalue weighted by Gasteiger charge is -2.27. The highest BCUT2D eigenvalue weighted by Gasteiger charge is 2.28. The molecule has 6 nitrogen and oxygen atoms in total. The molecule has 26 heavy (non-hydrogen) atoms. The van der Waals surface area contributed by atoms with Crippen LogP contribution >= 0.6 is 0 Å². The molecule has 1 heterocycles. The van der Waals surface area contributed by atoms with E-state index < -0.39 is 0 Å². The van der Waals surface area contributed by atoms with Gasteiger partial charge in [0.1, 0.15) is 5.75 Å². The molecule has 2 atom stereocenters. The zero-order valence-electron chi connectivity index (χ0n) is 14.6. The maximum absolute atomic E-state index is 12.5. The Kier molecular flexibility index (Phi) is 5.86. The number of amides is 2. The summed E-state index contributed by atoms with van der Waals surface area (Å²) in [5, 5.41) is 2.92. The molecule has 136 valence electrons. The number of carbonyl (C=O) groups excluding carboxylic acids is 2. The minimum atomic E-state index is -0.274. The molecule has 0 aliphatic carbocycles. The summed E-state index contributed by atoms with van der Waals surface area (Å²) in [5.74, 6) is 0.787. The molecule has 2 aromatic carbocycles. The zero-order chi connectivity index (χ0) is 18.4. The van der Waals surface area contributed by atoms with Crippen LogP contribution in [0.2, 0.25) is 0 Å². The van der Waals surface area contributed by atoms with Crippen LogP contribution in [0.3, 0.4) is 0 Å². The molecule has 1 aliphatic rings. The Labute approximate surface area is 152 Å². The fourth-order valence-corrected chi connectivity index (χ4v) is 3.25. The van der Waals surface area contributed by atoms with E-state index in [2.05, 4.69) is 5.32 Å². The van der Waals surface area contributed by atoms with E-state index in [9.17, 15) is 9.59 Å². The van der Waals surface area contributed by atoms with Gasteiger partial charge in [0.25, 0.3) is 5.91 Å². The molecular weight excluding hydrogens is 330 g/mol. The molecule has 1 saturated heterocycles. The van der Waals surface area contributed by atoms with Crippen molar-refractivity contribution in [3.05, 3.63) is 54.6 Å². The summed E-state index contributed by atoms with van der Waals surface area (Å²) in [6.07, 6.45) is 1.72. The first-order chi connectivity index (χ1) is 12.6. The minimum absolute atomic E-state index is 0.103. The number of nitrogens with two attached hydrogens (primary N) is 1. The quantitative estimate of drug-likeness (QED) is 0.729. The number of benzene rings is 2. The van der Waals surface area contributed by atoms with Gasteiger partial charge < -0.3 is 20.7 Å². The fourth-order valence-electron chi connectivity index (χ4n) is 3.25. The van der Waals surface area contributed by atoms with Crippen LogP contribution in [0.1, 0.15) is 12.8 Å². The number of ether oxygens (including phenoxy) is 1. The second-order valence-electron chi connectivity index (χ2n) is 6.58.